The van der Waals surface area contributed by atoms with Gasteiger partial charge in [0.1, 0.15) is 22.8 Å². The molecule has 0 radical (unpaired) electrons. The Labute approximate surface area is 121 Å². The van der Waals surface area contributed by atoms with E-state index >= 15 is 0 Å². The first kappa shape index (κ1) is 13.2. The Balaban J connectivity index is 2.13. The first-order valence-corrected chi connectivity index (χ1v) is 6.30. The molecule has 5 heteroatoms. The first-order chi connectivity index (χ1) is 10.1. The number of furan rings is 1. The zero-order valence-electron chi connectivity index (χ0n) is 11.6. The molecular formula is C16H14O5. The number of phenolic OH excluding ortho intramolecular Hbond substituents is 2. The zero-order chi connectivity index (χ0) is 15.0. The van der Waals surface area contributed by atoms with Crippen molar-refractivity contribution in [3.63, 3.8) is 0 Å². The SMILES string of the molecule is COc1ccc(-c2cc3cc(O)c(OC)cc3o2)c(O)c1. The number of fused-ring (bicyclic) bond motifs is 1. The van der Waals surface area contributed by atoms with Gasteiger partial charge >= 0.3 is 0 Å². The molecule has 21 heavy (non-hydrogen) atoms. The third kappa shape index (κ3) is 2.23. The summed E-state index contributed by atoms with van der Waals surface area (Å²) in [5.41, 5.74) is 1.11. The highest BCUT2D eigenvalue weighted by molar-refractivity contribution is 5.86. The molecule has 0 spiro atoms. The van der Waals surface area contributed by atoms with Gasteiger partial charge in [-0.05, 0) is 24.3 Å². The van der Waals surface area contributed by atoms with Crippen molar-refractivity contribution in [1.29, 1.82) is 0 Å². The summed E-state index contributed by atoms with van der Waals surface area (Å²) in [5, 5.41) is 20.5. The largest absolute Gasteiger partial charge is 0.507 e. The van der Waals surface area contributed by atoms with Crippen LogP contribution in [0.1, 0.15) is 0 Å². The molecule has 108 valence electrons. The fourth-order valence-corrected chi connectivity index (χ4v) is 2.20. The van der Waals surface area contributed by atoms with Crippen molar-refractivity contribution in [3.05, 3.63) is 36.4 Å². The van der Waals surface area contributed by atoms with Crippen LogP contribution < -0.4 is 9.47 Å². The van der Waals surface area contributed by atoms with Gasteiger partial charge in [-0.25, -0.2) is 0 Å². The van der Waals surface area contributed by atoms with Gasteiger partial charge in [-0.15, -0.1) is 0 Å². The summed E-state index contributed by atoms with van der Waals surface area (Å²) in [7, 11) is 3.00. The molecule has 0 bridgehead atoms. The normalized spacial score (nSPS) is 10.8. The number of hydrogen-bond acceptors (Lipinski definition) is 5. The van der Waals surface area contributed by atoms with E-state index in [1.807, 2.05) is 0 Å². The average Bonchev–Trinajstić information content (AvgIpc) is 2.88. The van der Waals surface area contributed by atoms with Gasteiger partial charge < -0.3 is 24.1 Å². The maximum absolute atomic E-state index is 10.0. The summed E-state index contributed by atoms with van der Waals surface area (Å²) in [4.78, 5) is 0. The van der Waals surface area contributed by atoms with Gasteiger partial charge in [-0.2, -0.15) is 0 Å². The molecule has 0 fully saturated rings. The van der Waals surface area contributed by atoms with Gasteiger partial charge in [0.05, 0.1) is 19.8 Å². The molecule has 0 aliphatic heterocycles. The van der Waals surface area contributed by atoms with Crippen LogP contribution in [0.25, 0.3) is 22.3 Å². The van der Waals surface area contributed by atoms with Crippen LogP contribution in [0.2, 0.25) is 0 Å². The first-order valence-electron chi connectivity index (χ1n) is 6.30. The lowest BCUT2D eigenvalue weighted by atomic mass is 10.1. The van der Waals surface area contributed by atoms with Crippen molar-refractivity contribution >= 4 is 11.0 Å². The lowest BCUT2D eigenvalue weighted by molar-refractivity contribution is 0.373. The highest BCUT2D eigenvalue weighted by atomic mass is 16.5. The fraction of sp³-hybridized carbons (Fsp3) is 0.125. The topological polar surface area (TPSA) is 72.1 Å². The number of hydrogen-bond donors (Lipinski definition) is 2. The van der Waals surface area contributed by atoms with E-state index in [0.717, 1.165) is 5.39 Å². The van der Waals surface area contributed by atoms with E-state index in [0.29, 0.717) is 28.4 Å². The summed E-state index contributed by atoms with van der Waals surface area (Å²) in [6, 6.07) is 9.87. The molecule has 1 aromatic heterocycles. The van der Waals surface area contributed by atoms with Crippen molar-refractivity contribution in [3.8, 4) is 34.3 Å². The van der Waals surface area contributed by atoms with Crippen LogP contribution in [0.3, 0.4) is 0 Å². The molecule has 2 N–H and O–H groups in total. The Bertz CT molecular complexity index is 804. The van der Waals surface area contributed by atoms with Crippen LogP contribution >= 0.6 is 0 Å². The summed E-state index contributed by atoms with van der Waals surface area (Å²) >= 11 is 0. The molecule has 5 nitrogen and oxygen atoms in total. The fourth-order valence-electron chi connectivity index (χ4n) is 2.20. The maximum atomic E-state index is 10.0. The molecular weight excluding hydrogens is 272 g/mol. The van der Waals surface area contributed by atoms with E-state index < -0.39 is 0 Å². The molecule has 0 amide bonds. The van der Waals surface area contributed by atoms with Crippen LogP contribution in [-0.4, -0.2) is 24.4 Å². The number of ether oxygens (including phenoxy) is 2. The Hall–Kier alpha value is -2.82. The third-order valence-corrected chi connectivity index (χ3v) is 3.29. The molecule has 0 unspecified atom stereocenters. The van der Waals surface area contributed by atoms with Crippen molar-refractivity contribution in [1.82, 2.24) is 0 Å². The zero-order valence-corrected chi connectivity index (χ0v) is 11.6. The third-order valence-electron chi connectivity index (χ3n) is 3.29. The van der Waals surface area contributed by atoms with Crippen molar-refractivity contribution in [2.75, 3.05) is 14.2 Å². The maximum Gasteiger partial charge on any atom is 0.164 e. The Kier molecular flexibility index (Phi) is 3.10. The minimum absolute atomic E-state index is 0.0382. The Morgan fingerprint density at radius 3 is 2.38 bits per heavy atom. The van der Waals surface area contributed by atoms with Crippen molar-refractivity contribution < 1.29 is 24.1 Å². The Morgan fingerprint density at radius 2 is 1.71 bits per heavy atom. The minimum atomic E-state index is 0.0382. The number of phenols is 2. The van der Waals surface area contributed by atoms with Crippen molar-refractivity contribution in [2.45, 2.75) is 0 Å². The van der Waals surface area contributed by atoms with Crippen LogP contribution in [0.5, 0.6) is 23.0 Å². The van der Waals surface area contributed by atoms with Crippen LogP contribution in [0, 0.1) is 0 Å². The molecule has 1 heterocycles. The van der Waals surface area contributed by atoms with E-state index in [2.05, 4.69) is 0 Å². The van der Waals surface area contributed by atoms with Gasteiger partial charge in [-0.3, -0.25) is 0 Å². The number of methoxy groups -OCH3 is 2. The number of benzene rings is 2. The van der Waals surface area contributed by atoms with E-state index in [-0.39, 0.29) is 11.5 Å². The summed E-state index contributed by atoms with van der Waals surface area (Å²) in [6.07, 6.45) is 0. The molecule has 0 aliphatic carbocycles. The van der Waals surface area contributed by atoms with Crippen LogP contribution in [-0.2, 0) is 0 Å². The number of rotatable bonds is 3. The van der Waals surface area contributed by atoms with Gasteiger partial charge in [0, 0.05) is 17.5 Å². The average molecular weight is 286 g/mol. The standard InChI is InChI=1S/C16H14O5/c1-19-10-3-4-11(12(17)7-10)15-6-9-5-13(18)16(20-2)8-14(9)21-15/h3-8,17-18H,1-2H3. The van der Waals surface area contributed by atoms with Gasteiger partial charge in [0.15, 0.2) is 11.5 Å². The molecule has 2 aromatic carbocycles. The predicted octanol–water partition coefficient (Wildman–Crippen LogP) is 3.53. The lowest BCUT2D eigenvalue weighted by Gasteiger charge is -2.04. The van der Waals surface area contributed by atoms with E-state index in [1.54, 1.807) is 30.3 Å². The van der Waals surface area contributed by atoms with E-state index in [4.69, 9.17) is 13.9 Å². The minimum Gasteiger partial charge on any atom is -0.507 e. The highest BCUT2D eigenvalue weighted by Crippen LogP contribution is 2.38. The van der Waals surface area contributed by atoms with Gasteiger partial charge in [0.2, 0.25) is 0 Å². The molecule has 0 aliphatic rings. The Morgan fingerprint density at radius 1 is 0.905 bits per heavy atom. The van der Waals surface area contributed by atoms with E-state index in [9.17, 15) is 10.2 Å². The van der Waals surface area contributed by atoms with Gasteiger partial charge in [-0.1, -0.05) is 0 Å². The molecule has 3 aromatic rings. The second-order valence-corrected chi connectivity index (χ2v) is 4.56. The molecule has 0 saturated carbocycles. The molecule has 0 atom stereocenters. The smallest absolute Gasteiger partial charge is 0.164 e. The highest BCUT2D eigenvalue weighted by Gasteiger charge is 2.13. The second kappa shape index (κ2) is 4.94. The monoisotopic (exact) mass is 286 g/mol. The quantitative estimate of drug-likeness (QED) is 0.770. The van der Waals surface area contributed by atoms with Crippen molar-refractivity contribution in [2.24, 2.45) is 0 Å². The van der Waals surface area contributed by atoms with Gasteiger partial charge in [0.25, 0.3) is 0 Å². The van der Waals surface area contributed by atoms with E-state index in [1.165, 1.54) is 20.3 Å². The lowest BCUT2D eigenvalue weighted by Crippen LogP contribution is -1.83. The second-order valence-electron chi connectivity index (χ2n) is 4.56. The summed E-state index contributed by atoms with van der Waals surface area (Å²) in [5.74, 6) is 1.49. The summed E-state index contributed by atoms with van der Waals surface area (Å²) < 4.78 is 15.8. The van der Waals surface area contributed by atoms with Crippen LogP contribution in [0.4, 0.5) is 0 Å². The molecule has 3 rings (SSSR count). The number of aromatic hydroxyl groups is 2. The molecule has 0 saturated heterocycles. The summed E-state index contributed by atoms with van der Waals surface area (Å²) in [6.45, 7) is 0. The predicted molar refractivity (Wildman–Crippen MR) is 78.1 cm³/mol. The van der Waals surface area contributed by atoms with Crippen LogP contribution in [0.15, 0.2) is 40.8 Å².